The van der Waals surface area contributed by atoms with Gasteiger partial charge in [-0.05, 0) is 25.0 Å². The SMILES string of the molecule is CCCCCCCCCCCCCC[n+]1cc[nH]c1-c1ccccc1. The summed E-state index contributed by atoms with van der Waals surface area (Å²) in [4.78, 5) is 3.38. The highest BCUT2D eigenvalue weighted by molar-refractivity contribution is 5.51. The smallest absolute Gasteiger partial charge is 0.243 e. The van der Waals surface area contributed by atoms with E-state index in [2.05, 4.69) is 53.0 Å². The molecule has 0 spiro atoms. The molecule has 2 aromatic rings. The lowest BCUT2D eigenvalue weighted by Crippen LogP contribution is -2.33. The van der Waals surface area contributed by atoms with Crippen LogP contribution in [-0.2, 0) is 6.54 Å². The lowest BCUT2D eigenvalue weighted by Gasteiger charge is -2.03. The highest BCUT2D eigenvalue weighted by Crippen LogP contribution is 2.14. The second kappa shape index (κ2) is 12.7. The Balaban J connectivity index is 1.50. The Bertz CT molecular complexity index is 544. The summed E-state index contributed by atoms with van der Waals surface area (Å²) in [6, 6.07) is 10.6. The third kappa shape index (κ3) is 7.90. The molecule has 0 aliphatic heterocycles. The third-order valence-electron chi connectivity index (χ3n) is 5.06. The Hall–Kier alpha value is -1.57. The summed E-state index contributed by atoms with van der Waals surface area (Å²) in [7, 11) is 0. The molecule has 2 heteroatoms. The average Bonchev–Trinajstić information content (AvgIpc) is 3.12. The van der Waals surface area contributed by atoms with E-state index in [9.17, 15) is 0 Å². The quantitative estimate of drug-likeness (QED) is 0.292. The van der Waals surface area contributed by atoms with Crippen LogP contribution in [0.25, 0.3) is 11.4 Å². The number of aryl methyl sites for hydroxylation is 1. The fraction of sp³-hybridized carbons (Fsp3) is 0.609. The Kier molecular flexibility index (Phi) is 10.1. The molecule has 138 valence electrons. The van der Waals surface area contributed by atoms with Crippen molar-refractivity contribution in [3.8, 4) is 11.4 Å². The number of rotatable bonds is 14. The molecule has 2 nitrogen and oxygen atoms in total. The molecule has 1 N–H and O–H groups in total. The van der Waals surface area contributed by atoms with E-state index in [0.717, 1.165) is 6.54 Å². The molecule has 25 heavy (non-hydrogen) atoms. The van der Waals surface area contributed by atoms with Gasteiger partial charge >= 0.3 is 0 Å². The number of hydrogen-bond donors (Lipinski definition) is 1. The van der Waals surface area contributed by atoms with Crippen molar-refractivity contribution in [1.82, 2.24) is 4.98 Å². The van der Waals surface area contributed by atoms with Crippen molar-refractivity contribution >= 4 is 0 Å². The van der Waals surface area contributed by atoms with Gasteiger partial charge in [-0.15, -0.1) is 0 Å². The van der Waals surface area contributed by atoms with Crippen LogP contribution in [0, 0.1) is 0 Å². The summed E-state index contributed by atoms with van der Waals surface area (Å²) in [6.45, 7) is 3.40. The second-order valence-corrected chi connectivity index (χ2v) is 7.26. The third-order valence-corrected chi connectivity index (χ3v) is 5.06. The topological polar surface area (TPSA) is 19.7 Å². The molecule has 0 bridgehead atoms. The minimum absolute atomic E-state index is 1.12. The van der Waals surface area contributed by atoms with Crippen LogP contribution in [0.3, 0.4) is 0 Å². The number of aromatic amines is 1. The molecule has 2 rings (SSSR count). The lowest BCUT2D eigenvalue weighted by atomic mass is 10.1. The zero-order valence-corrected chi connectivity index (χ0v) is 16.2. The maximum atomic E-state index is 3.38. The van der Waals surface area contributed by atoms with Gasteiger partial charge in [-0.3, -0.25) is 0 Å². The number of nitrogens with one attached hydrogen (secondary N) is 1. The van der Waals surface area contributed by atoms with E-state index in [1.165, 1.54) is 88.4 Å². The first-order valence-electron chi connectivity index (χ1n) is 10.5. The van der Waals surface area contributed by atoms with Crippen molar-refractivity contribution in [3.05, 3.63) is 42.7 Å². The lowest BCUT2D eigenvalue weighted by molar-refractivity contribution is -0.685. The van der Waals surface area contributed by atoms with E-state index in [0.29, 0.717) is 0 Å². The molecule has 0 atom stereocenters. The highest BCUT2D eigenvalue weighted by Gasteiger charge is 2.11. The van der Waals surface area contributed by atoms with Crippen LogP contribution in [0.2, 0.25) is 0 Å². The fourth-order valence-corrected chi connectivity index (χ4v) is 3.52. The van der Waals surface area contributed by atoms with Crippen molar-refractivity contribution in [1.29, 1.82) is 0 Å². The van der Waals surface area contributed by atoms with Crippen molar-refractivity contribution in [2.75, 3.05) is 0 Å². The molecule has 0 amide bonds. The van der Waals surface area contributed by atoms with E-state index >= 15 is 0 Å². The number of hydrogen-bond acceptors (Lipinski definition) is 0. The van der Waals surface area contributed by atoms with Gasteiger partial charge in [0.2, 0.25) is 0 Å². The minimum Gasteiger partial charge on any atom is -0.243 e. The molecule has 1 heterocycles. The van der Waals surface area contributed by atoms with E-state index in [1.54, 1.807) is 0 Å². The van der Waals surface area contributed by atoms with Crippen LogP contribution < -0.4 is 4.57 Å². The first kappa shape index (κ1) is 19.8. The molecular weight excluding hydrogens is 304 g/mol. The number of benzene rings is 1. The second-order valence-electron chi connectivity index (χ2n) is 7.26. The standard InChI is InChI=1S/C23H36N2/c1-2-3-4-5-6-7-8-9-10-11-12-16-20-25-21-19-24-23(25)22-17-14-13-15-18-22/h13-15,17-19,21H,2-12,16,20H2,1H3/p+1. The predicted octanol–water partition coefficient (Wildman–Crippen LogP) is 6.67. The average molecular weight is 342 g/mol. The molecule has 0 aliphatic rings. The molecule has 0 radical (unpaired) electrons. The fourth-order valence-electron chi connectivity index (χ4n) is 3.52. The maximum absolute atomic E-state index is 3.38. The Morgan fingerprint density at radius 2 is 1.28 bits per heavy atom. The Morgan fingerprint density at radius 3 is 1.88 bits per heavy atom. The maximum Gasteiger partial charge on any atom is 0.286 e. The van der Waals surface area contributed by atoms with Crippen molar-refractivity contribution in [2.45, 2.75) is 90.5 Å². The largest absolute Gasteiger partial charge is 0.286 e. The van der Waals surface area contributed by atoms with Gasteiger partial charge in [-0.25, -0.2) is 9.55 Å². The van der Waals surface area contributed by atoms with Crippen LogP contribution in [0.4, 0.5) is 0 Å². The number of aromatic nitrogens is 2. The van der Waals surface area contributed by atoms with E-state index in [4.69, 9.17) is 0 Å². The molecule has 0 saturated heterocycles. The highest BCUT2D eigenvalue weighted by atomic mass is 15.1. The first-order valence-corrected chi connectivity index (χ1v) is 10.5. The zero-order chi connectivity index (χ0) is 17.6. The van der Waals surface area contributed by atoms with Gasteiger partial charge in [0, 0.05) is 0 Å². The van der Waals surface area contributed by atoms with Gasteiger partial charge in [0.25, 0.3) is 5.82 Å². The molecule has 0 unspecified atom stereocenters. The first-order chi connectivity index (χ1) is 12.4. The summed E-state index contributed by atoms with van der Waals surface area (Å²) in [6.07, 6.45) is 21.1. The molecular formula is C23H37N2+. The van der Waals surface area contributed by atoms with Crippen molar-refractivity contribution in [2.24, 2.45) is 0 Å². The number of imidazole rings is 1. The van der Waals surface area contributed by atoms with E-state index in [-0.39, 0.29) is 0 Å². The van der Waals surface area contributed by atoms with Crippen molar-refractivity contribution < 1.29 is 4.57 Å². The molecule has 0 saturated carbocycles. The molecule has 0 fully saturated rings. The molecule has 0 aliphatic carbocycles. The van der Waals surface area contributed by atoms with Crippen LogP contribution in [0.1, 0.15) is 84.0 Å². The zero-order valence-electron chi connectivity index (χ0n) is 16.2. The summed E-state index contributed by atoms with van der Waals surface area (Å²) < 4.78 is 2.35. The molecule has 1 aromatic carbocycles. The summed E-state index contributed by atoms with van der Waals surface area (Å²) in [5.41, 5.74) is 1.27. The summed E-state index contributed by atoms with van der Waals surface area (Å²) in [5, 5.41) is 0. The Labute approximate surface area is 154 Å². The van der Waals surface area contributed by atoms with Crippen molar-refractivity contribution in [3.63, 3.8) is 0 Å². The van der Waals surface area contributed by atoms with Gasteiger partial charge in [0.05, 0.1) is 12.1 Å². The van der Waals surface area contributed by atoms with Gasteiger partial charge < -0.3 is 0 Å². The van der Waals surface area contributed by atoms with E-state index < -0.39 is 0 Å². The number of unbranched alkanes of at least 4 members (excludes halogenated alkanes) is 11. The van der Waals surface area contributed by atoms with Crippen LogP contribution >= 0.6 is 0 Å². The summed E-state index contributed by atoms with van der Waals surface area (Å²) in [5.74, 6) is 1.23. The van der Waals surface area contributed by atoms with Crippen LogP contribution in [-0.4, -0.2) is 4.98 Å². The minimum atomic E-state index is 1.12. The van der Waals surface area contributed by atoms with Crippen LogP contribution in [0.15, 0.2) is 42.7 Å². The van der Waals surface area contributed by atoms with Gasteiger partial charge in [-0.1, -0.05) is 89.3 Å². The monoisotopic (exact) mass is 341 g/mol. The number of nitrogens with zero attached hydrogens (tertiary/aromatic N) is 1. The predicted molar refractivity (Wildman–Crippen MR) is 108 cm³/mol. The Morgan fingerprint density at radius 1 is 0.720 bits per heavy atom. The number of H-pyrrole nitrogens is 1. The van der Waals surface area contributed by atoms with Gasteiger partial charge in [-0.2, -0.15) is 0 Å². The molecule has 1 aromatic heterocycles. The van der Waals surface area contributed by atoms with Gasteiger partial charge in [0.1, 0.15) is 12.4 Å². The normalized spacial score (nSPS) is 11.1. The van der Waals surface area contributed by atoms with Gasteiger partial charge in [0.15, 0.2) is 0 Å². The van der Waals surface area contributed by atoms with E-state index in [1.807, 2.05) is 6.20 Å². The summed E-state index contributed by atoms with van der Waals surface area (Å²) >= 11 is 0. The van der Waals surface area contributed by atoms with Crippen LogP contribution in [0.5, 0.6) is 0 Å².